The van der Waals surface area contributed by atoms with E-state index in [-0.39, 0.29) is 11.5 Å². The van der Waals surface area contributed by atoms with E-state index in [1.807, 2.05) is 4.90 Å². The molecule has 2 heterocycles. The van der Waals surface area contributed by atoms with Gasteiger partial charge in [0, 0.05) is 32.2 Å². The molecule has 1 saturated heterocycles. The maximum absolute atomic E-state index is 12.6. The zero-order chi connectivity index (χ0) is 15.0. The van der Waals surface area contributed by atoms with Crippen LogP contribution < -0.4 is 5.56 Å². The van der Waals surface area contributed by atoms with Crippen LogP contribution in [0.4, 0.5) is 0 Å². The van der Waals surface area contributed by atoms with Crippen LogP contribution in [0.2, 0.25) is 0 Å². The molecule has 1 aliphatic carbocycles. The number of fused-ring (bicyclic) bond motifs is 1. The first kappa shape index (κ1) is 14.3. The Morgan fingerprint density at radius 3 is 2.67 bits per heavy atom. The fourth-order valence-electron chi connectivity index (χ4n) is 3.09. The lowest BCUT2D eigenvalue weighted by molar-refractivity contribution is -0.136. The van der Waals surface area contributed by atoms with Crippen LogP contribution in [-0.2, 0) is 17.6 Å². The standard InChI is InChI=1S/C15H22N4O2/c1-11(15(21)18-8-6-17(2)7-9-18)19-14(20)10-12-4-3-5-13(12)16-19/h10-11H,3-9H2,1-2H3. The number of piperazine rings is 1. The van der Waals surface area contributed by atoms with Gasteiger partial charge < -0.3 is 9.80 Å². The highest BCUT2D eigenvalue weighted by molar-refractivity contribution is 5.80. The van der Waals surface area contributed by atoms with Gasteiger partial charge in [-0.1, -0.05) is 0 Å². The Hall–Kier alpha value is -1.69. The van der Waals surface area contributed by atoms with Crippen molar-refractivity contribution in [2.45, 2.75) is 32.2 Å². The average Bonchev–Trinajstić information content (AvgIpc) is 2.93. The quantitative estimate of drug-likeness (QED) is 0.773. The third kappa shape index (κ3) is 2.72. The van der Waals surface area contributed by atoms with Gasteiger partial charge in [0.15, 0.2) is 0 Å². The third-order valence-electron chi connectivity index (χ3n) is 4.52. The highest BCUT2D eigenvalue weighted by Gasteiger charge is 2.27. The average molecular weight is 290 g/mol. The van der Waals surface area contributed by atoms with E-state index in [9.17, 15) is 9.59 Å². The second-order valence-corrected chi connectivity index (χ2v) is 6.06. The van der Waals surface area contributed by atoms with E-state index in [2.05, 4.69) is 17.0 Å². The Balaban J connectivity index is 1.80. The smallest absolute Gasteiger partial charge is 0.267 e. The largest absolute Gasteiger partial charge is 0.338 e. The van der Waals surface area contributed by atoms with Gasteiger partial charge in [0.05, 0.1) is 5.69 Å². The molecule has 1 unspecified atom stereocenters. The summed E-state index contributed by atoms with van der Waals surface area (Å²) in [6.07, 6.45) is 2.89. The molecule has 3 rings (SSSR count). The first-order valence-electron chi connectivity index (χ1n) is 7.65. The van der Waals surface area contributed by atoms with Gasteiger partial charge in [0.25, 0.3) is 5.56 Å². The van der Waals surface area contributed by atoms with Crippen molar-refractivity contribution in [3.05, 3.63) is 27.7 Å². The summed E-state index contributed by atoms with van der Waals surface area (Å²) in [6.45, 7) is 4.98. The molecule has 6 nitrogen and oxygen atoms in total. The predicted molar refractivity (Wildman–Crippen MR) is 79.3 cm³/mol. The molecule has 114 valence electrons. The molecule has 0 saturated carbocycles. The number of nitrogens with zero attached hydrogens (tertiary/aromatic N) is 4. The molecule has 21 heavy (non-hydrogen) atoms. The van der Waals surface area contributed by atoms with Gasteiger partial charge in [-0.15, -0.1) is 0 Å². The zero-order valence-corrected chi connectivity index (χ0v) is 12.7. The summed E-state index contributed by atoms with van der Waals surface area (Å²) in [5, 5.41) is 4.43. The highest BCUT2D eigenvalue weighted by atomic mass is 16.2. The van der Waals surface area contributed by atoms with Crippen molar-refractivity contribution in [3.8, 4) is 0 Å². The molecular formula is C15H22N4O2. The molecule has 1 aliphatic heterocycles. The molecule has 0 bridgehead atoms. The van der Waals surface area contributed by atoms with Crippen LogP contribution in [0.5, 0.6) is 0 Å². The minimum atomic E-state index is -0.521. The van der Waals surface area contributed by atoms with E-state index in [1.54, 1.807) is 13.0 Å². The molecule has 2 aliphatic rings. The van der Waals surface area contributed by atoms with E-state index in [0.717, 1.165) is 56.7 Å². The topological polar surface area (TPSA) is 58.4 Å². The summed E-state index contributed by atoms with van der Waals surface area (Å²) in [7, 11) is 2.05. The van der Waals surface area contributed by atoms with E-state index in [0.29, 0.717) is 0 Å². The van der Waals surface area contributed by atoms with E-state index in [4.69, 9.17) is 0 Å². The van der Waals surface area contributed by atoms with Crippen LogP contribution in [0, 0.1) is 0 Å². The van der Waals surface area contributed by atoms with Crippen molar-refractivity contribution in [3.63, 3.8) is 0 Å². The van der Waals surface area contributed by atoms with Crippen molar-refractivity contribution in [1.29, 1.82) is 0 Å². The second-order valence-electron chi connectivity index (χ2n) is 6.06. The molecule has 1 fully saturated rings. The van der Waals surface area contributed by atoms with Gasteiger partial charge in [0.1, 0.15) is 6.04 Å². The van der Waals surface area contributed by atoms with Crippen molar-refractivity contribution in [2.24, 2.45) is 0 Å². The van der Waals surface area contributed by atoms with Crippen molar-refractivity contribution in [1.82, 2.24) is 19.6 Å². The van der Waals surface area contributed by atoms with Gasteiger partial charge in [-0.3, -0.25) is 9.59 Å². The third-order valence-corrected chi connectivity index (χ3v) is 4.52. The van der Waals surface area contributed by atoms with Crippen molar-refractivity contribution >= 4 is 5.91 Å². The lowest BCUT2D eigenvalue weighted by atomic mass is 10.2. The Morgan fingerprint density at radius 2 is 1.95 bits per heavy atom. The fraction of sp³-hybridized carbons (Fsp3) is 0.667. The number of carbonyl (C=O) groups excluding carboxylic acids is 1. The minimum Gasteiger partial charge on any atom is -0.338 e. The van der Waals surface area contributed by atoms with Gasteiger partial charge >= 0.3 is 0 Å². The summed E-state index contributed by atoms with van der Waals surface area (Å²) < 4.78 is 1.37. The first-order valence-corrected chi connectivity index (χ1v) is 7.65. The maximum Gasteiger partial charge on any atom is 0.267 e. The first-order chi connectivity index (χ1) is 10.1. The van der Waals surface area contributed by atoms with E-state index >= 15 is 0 Å². The number of aromatic nitrogens is 2. The second kappa shape index (κ2) is 5.60. The number of hydrogen-bond donors (Lipinski definition) is 0. The molecule has 1 atom stereocenters. The summed E-state index contributed by atoms with van der Waals surface area (Å²) in [5.74, 6) is -0.00403. The van der Waals surface area contributed by atoms with Crippen molar-refractivity contribution in [2.75, 3.05) is 33.2 Å². The van der Waals surface area contributed by atoms with Gasteiger partial charge in [0.2, 0.25) is 5.91 Å². The Bertz CT molecular complexity index is 602. The molecule has 1 amide bonds. The highest BCUT2D eigenvalue weighted by Crippen LogP contribution is 2.18. The summed E-state index contributed by atoms with van der Waals surface area (Å²) >= 11 is 0. The van der Waals surface area contributed by atoms with Crippen LogP contribution in [0.3, 0.4) is 0 Å². The Morgan fingerprint density at radius 1 is 1.24 bits per heavy atom. The molecule has 0 aromatic carbocycles. The summed E-state index contributed by atoms with van der Waals surface area (Å²) in [6, 6.07) is 1.13. The number of carbonyl (C=O) groups is 1. The van der Waals surface area contributed by atoms with Gasteiger partial charge in [-0.25, -0.2) is 4.68 Å². The van der Waals surface area contributed by atoms with Crippen LogP contribution >= 0.6 is 0 Å². The SMILES string of the molecule is CC(C(=O)N1CCN(C)CC1)n1nc2c(cc1=O)CCC2. The number of amides is 1. The van der Waals surface area contributed by atoms with Crippen LogP contribution in [0.25, 0.3) is 0 Å². The van der Waals surface area contributed by atoms with Gasteiger partial charge in [-0.05, 0) is 38.8 Å². The lowest BCUT2D eigenvalue weighted by Crippen LogP contribution is -2.50. The number of likely N-dealkylation sites (N-methyl/N-ethyl adjacent to an activating group) is 1. The fourth-order valence-corrected chi connectivity index (χ4v) is 3.09. The van der Waals surface area contributed by atoms with E-state index < -0.39 is 6.04 Å². The van der Waals surface area contributed by atoms with Crippen molar-refractivity contribution < 1.29 is 4.79 Å². The maximum atomic E-state index is 12.6. The Labute approximate surface area is 124 Å². The summed E-state index contributed by atoms with van der Waals surface area (Å²) in [5.41, 5.74) is 1.87. The molecule has 1 aromatic heterocycles. The Kier molecular flexibility index (Phi) is 3.80. The number of rotatable bonds is 2. The summed E-state index contributed by atoms with van der Waals surface area (Å²) in [4.78, 5) is 28.8. The molecular weight excluding hydrogens is 268 g/mol. The van der Waals surface area contributed by atoms with Crippen LogP contribution in [-0.4, -0.2) is 58.7 Å². The normalized spacial score (nSPS) is 20.4. The lowest BCUT2D eigenvalue weighted by Gasteiger charge is -2.34. The number of hydrogen-bond acceptors (Lipinski definition) is 4. The molecule has 0 N–H and O–H groups in total. The van der Waals surface area contributed by atoms with Crippen LogP contribution in [0.15, 0.2) is 10.9 Å². The minimum absolute atomic E-state index is 0.00403. The predicted octanol–water partition coefficient (Wildman–Crippen LogP) is 0.0670. The van der Waals surface area contributed by atoms with Crippen LogP contribution in [0.1, 0.15) is 30.6 Å². The monoisotopic (exact) mass is 290 g/mol. The van der Waals surface area contributed by atoms with Gasteiger partial charge in [-0.2, -0.15) is 5.10 Å². The number of aryl methyl sites for hydroxylation is 2. The molecule has 1 aromatic rings. The molecule has 6 heteroatoms. The molecule has 0 spiro atoms. The molecule has 0 radical (unpaired) electrons. The zero-order valence-electron chi connectivity index (χ0n) is 12.7. The van der Waals surface area contributed by atoms with E-state index in [1.165, 1.54) is 4.68 Å².